The maximum atomic E-state index is 13.4. The van der Waals surface area contributed by atoms with E-state index in [9.17, 15) is 18.0 Å². The fraction of sp³-hybridized carbons (Fsp3) is 0.481. The van der Waals surface area contributed by atoms with Gasteiger partial charge in [0.2, 0.25) is 21.8 Å². The third-order valence-electron chi connectivity index (χ3n) is 5.55. The van der Waals surface area contributed by atoms with Crippen molar-refractivity contribution in [2.24, 2.45) is 0 Å². The summed E-state index contributed by atoms with van der Waals surface area (Å²) in [5.41, 5.74) is 2.20. The Balaban J connectivity index is 2.21. The SMILES string of the molecule is CC[C@H](C(=O)NC(C)(C)C)N(Cc1ccc(C)cc1)C(=O)CCCN(c1ccccc1)S(C)(=O)=O. The van der Waals surface area contributed by atoms with Gasteiger partial charge in [0.1, 0.15) is 6.04 Å². The molecule has 35 heavy (non-hydrogen) atoms. The van der Waals surface area contributed by atoms with Crippen LogP contribution >= 0.6 is 0 Å². The topological polar surface area (TPSA) is 86.8 Å². The fourth-order valence-corrected chi connectivity index (χ4v) is 4.83. The molecule has 2 rings (SSSR count). The summed E-state index contributed by atoms with van der Waals surface area (Å²) in [5, 5.41) is 3.00. The van der Waals surface area contributed by atoms with E-state index >= 15 is 0 Å². The number of amides is 2. The standard InChI is InChI=1S/C27H39N3O4S/c1-7-24(26(32)28-27(3,4)5)29(20-22-17-15-21(2)16-18-22)25(31)14-11-19-30(35(6,33)34)23-12-9-8-10-13-23/h8-10,12-13,15-18,24H,7,11,14,19-20H2,1-6H3,(H,28,32)/t24-/m1/s1. The molecule has 1 atom stereocenters. The van der Waals surface area contributed by atoms with Gasteiger partial charge >= 0.3 is 0 Å². The molecule has 0 aliphatic carbocycles. The Morgan fingerprint density at radius 2 is 1.60 bits per heavy atom. The van der Waals surface area contributed by atoms with Crippen LogP contribution < -0.4 is 9.62 Å². The molecule has 8 heteroatoms. The lowest BCUT2D eigenvalue weighted by Crippen LogP contribution is -2.53. The maximum absolute atomic E-state index is 13.4. The van der Waals surface area contributed by atoms with Crippen LogP contribution in [0.4, 0.5) is 5.69 Å². The molecular formula is C27H39N3O4S. The van der Waals surface area contributed by atoms with Crippen LogP contribution in [0.15, 0.2) is 54.6 Å². The number of benzene rings is 2. The quantitative estimate of drug-likeness (QED) is 0.498. The summed E-state index contributed by atoms with van der Waals surface area (Å²) >= 11 is 0. The van der Waals surface area contributed by atoms with E-state index in [4.69, 9.17) is 0 Å². The van der Waals surface area contributed by atoms with Crippen molar-refractivity contribution in [3.05, 3.63) is 65.7 Å². The molecule has 0 radical (unpaired) electrons. The van der Waals surface area contributed by atoms with Crippen LogP contribution in [0.5, 0.6) is 0 Å². The van der Waals surface area contributed by atoms with Crippen LogP contribution in [0.3, 0.4) is 0 Å². The highest BCUT2D eigenvalue weighted by Crippen LogP contribution is 2.19. The molecule has 192 valence electrons. The molecule has 2 aromatic rings. The first-order chi connectivity index (χ1) is 16.3. The van der Waals surface area contributed by atoms with Crippen molar-refractivity contribution >= 4 is 27.5 Å². The summed E-state index contributed by atoms with van der Waals surface area (Å²) < 4.78 is 26.0. The molecule has 0 saturated carbocycles. The van der Waals surface area contributed by atoms with E-state index in [0.29, 0.717) is 25.1 Å². The minimum Gasteiger partial charge on any atom is -0.350 e. The number of nitrogens with zero attached hydrogens (tertiary/aromatic N) is 2. The van der Waals surface area contributed by atoms with Gasteiger partial charge < -0.3 is 10.2 Å². The predicted molar refractivity (Wildman–Crippen MR) is 142 cm³/mol. The summed E-state index contributed by atoms with van der Waals surface area (Å²) in [4.78, 5) is 28.1. The molecule has 7 nitrogen and oxygen atoms in total. The molecule has 0 saturated heterocycles. The fourth-order valence-electron chi connectivity index (χ4n) is 3.86. The van der Waals surface area contributed by atoms with Crippen molar-refractivity contribution in [1.82, 2.24) is 10.2 Å². The normalized spacial score (nSPS) is 12.6. The lowest BCUT2D eigenvalue weighted by Gasteiger charge is -2.33. The Morgan fingerprint density at radius 1 is 1.00 bits per heavy atom. The van der Waals surface area contributed by atoms with Crippen molar-refractivity contribution in [2.75, 3.05) is 17.1 Å². The van der Waals surface area contributed by atoms with Gasteiger partial charge in [-0.2, -0.15) is 0 Å². The number of para-hydroxylation sites is 1. The number of carbonyl (C=O) groups is 2. The van der Waals surface area contributed by atoms with Crippen LogP contribution in [0.2, 0.25) is 0 Å². The first kappa shape index (κ1) is 28.4. The summed E-state index contributed by atoms with van der Waals surface area (Å²) in [7, 11) is -3.50. The second-order valence-corrected chi connectivity index (χ2v) is 11.9. The molecule has 0 fully saturated rings. The zero-order valence-electron chi connectivity index (χ0n) is 21.7. The molecular weight excluding hydrogens is 462 g/mol. The minimum atomic E-state index is -3.50. The van der Waals surface area contributed by atoms with Gasteiger partial charge in [0.05, 0.1) is 11.9 Å². The molecule has 1 N–H and O–H groups in total. The van der Waals surface area contributed by atoms with Gasteiger partial charge in [-0.15, -0.1) is 0 Å². The number of hydrogen-bond acceptors (Lipinski definition) is 4. The molecule has 0 aromatic heterocycles. The number of sulfonamides is 1. The van der Waals surface area contributed by atoms with Gasteiger partial charge in [0.15, 0.2) is 0 Å². The minimum absolute atomic E-state index is 0.129. The summed E-state index contributed by atoms with van der Waals surface area (Å²) in [6.45, 7) is 10.1. The number of rotatable bonds is 11. The van der Waals surface area contributed by atoms with E-state index in [1.807, 2.05) is 65.0 Å². The van der Waals surface area contributed by atoms with Gasteiger partial charge in [0, 0.05) is 25.0 Å². The average Bonchev–Trinajstić information content (AvgIpc) is 2.76. The van der Waals surface area contributed by atoms with Crippen molar-refractivity contribution in [3.63, 3.8) is 0 Å². The highest BCUT2D eigenvalue weighted by molar-refractivity contribution is 7.92. The van der Waals surface area contributed by atoms with E-state index in [2.05, 4.69) is 5.32 Å². The van der Waals surface area contributed by atoms with Crippen molar-refractivity contribution < 1.29 is 18.0 Å². The maximum Gasteiger partial charge on any atom is 0.243 e. The Labute approximate surface area is 210 Å². The van der Waals surface area contributed by atoms with E-state index < -0.39 is 21.6 Å². The number of nitrogens with one attached hydrogen (secondary N) is 1. The molecule has 0 aliphatic rings. The van der Waals surface area contributed by atoms with E-state index in [0.717, 1.165) is 17.4 Å². The molecule has 2 aromatic carbocycles. The van der Waals surface area contributed by atoms with Crippen molar-refractivity contribution in [1.29, 1.82) is 0 Å². The van der Waals surface area contributed by atoms with Crippen molar-refractivity contribution in [2.45, 2.75) is 72.0 Å². The third-order valence-corrected chi connectivity index (χ3v) is 6.75. The van der Waals surface area contributed by atoms with E-state index in [-0.39, 0.29) is 24.8 Å². The Kier molecular flexibility index (Phi) is 9.89. The highest BCUT2D eigenvalue weighted by atomic mass is 32.2. The zero-order valence-corrected chi connectivity index (χ0v) is 22.6. The largest absolute Gasteiger partial charge is 0.350 e. The second kappa shape index (κ2) is 12.2. The summed E-state index contributed by atoms with van der Waals surface area (Å²) in [6.07, 6.45) is 2.10. The molecule has 0 aliphatic heterocycles. The summed E-state index contributed by atoms with van der Waals surface area (Å²) in [6, 6.07) is 16.1. The monoisotopic (exact) mass is 501 g/mol. The van der Waals surface area contributed by atoms with Crippen LogP contribution in [-0.2, 0) is 26.2 Å². The van der Waals surface area contributed by atoms with Gasteiger partial charge in [0.25, 0.3) is 0 Å². The van der Waals surface area contributed by atoms with Gasteiger partial charge in [-0.25, -0.2) is 8.42 Å². The molecule has 0 heterocycles. The van der Waals surface area contributed by atoms with E-state index in [1.54, 1.807) is 29.2 Å². The van der Waals surface area contributed by atoms with Crippen LogP contribution in [0.25, 0.3) is 0 Å². The van der Waals surface area contributed by atoms with Crippen LogP contribution in [-0.4, -0.2) is 49.5 Å². The van der Waals surface area contributed by atoms with E-state index in [1.165, 1.54) is 4.31 Å². The number of aryl methyl sites for hydroxylation is 1. The Bertz CT molecular complexity index is 1080. The van der Waals surface area contributed by atoms with Crippen LogP contribution in [0.1, 0.15) is 58.1 Å². The smallest absolute Gasteiger partial charge is 0.243 e. The predicted octanol–water partition coefficient (Wildman–Crippen LogP) is 4.26. The molecule has 0 spiro atoms. The molecule has 2 amide bonds. The summed E-state index contributed by atoms with van der Waals surface area (Å²) in [5.74, 6) is -0.370. The average molecular weight is 502 g/mol. The number of carbonyl (C=O) groups excluding carboxylic acids is 2. The lowest BCUT2D eigenvalue weighted by molar-refractivity contribution is -0.142. The Hall–Kier alpha value is -2.87. The van der Waals surface area contributed by atoms with Gasteiger partial charge in [-0.05, 0) is 58.2 Å². The lowest BCUT2D eigenvalue weighted by atomic mass is 10.0. The number of anilines is 1. The number of hydrogen-bond donors (Lipinski definition) is 1. The first-order valence-corrected chi connectivity index (χ1v) is 13.9. The van der Waals surface area contributed by atoms with Crippen molar-refractivity contribution in [3.8, 4) is 0 Å². The first-order valence-electron chi connectivity index (χ1n) is 12.0. The van der Waals surface area contributed by atoms with Gasteiger partial charge in [-0.3, -0.25) is 13.9 Å². The third kappa shape index (κ3) is 9.02. The Morgan fingerprint density at radius 3 is 2.11 bits per heavy atom. The van der Waals surface area contributed by atoms with Crippen LogP contribution in [0, 0.1) is 6.92 Å². The second-order valence-electron chi connectivity index (χ2n) is 9.94. The van der Waals surface area contributed by atoms with Gasteiger partial charge in [-0.1, -0.05) is 55.0 Å². The molecule has 0 unspecified atom stereocenters. The highest BCUT2D eigenvalue weighted by Gasteiger charge is 2.30. The molecule has 0 bridgehead atoms. The zero-order chi connectivity index (χ0) is 26.2.